The first-order valence-corrected chi connectivity index (χ1v) is 8.52. The molecular formula is C18H31NO3. The highest BCUT2D eigenvalue weighted by Crippen LogP contribution is 2.62. The number of hydrogen-bond acceptors (Lipinski definition) is 3. The number of hydrogen-bond donors (Lipinski definition) is 1. The summed E-state index contributed by atoms with van der Waals surface area (Å²) in [4.78, 5) is 22.5. The number of ether oxygens (including phenoxy) is 1. The predicted molar refractivity (Wildman–Crippen MR) is 86.2 cm³/mol. The molecule has 4 nitrogen and oxygen atoms in total. The molecule has 2 aliphatic rings. The maximum atomic E-state index is 11.6. The summed E-state index contributed by atoms with van der Waals surface area (Å²) in [5.74, 6) is 0.541. The normalized spacial score (nSPS) is 40.4. The molecule has 0 radical (unpaired) electrons. The fourth-order valence-corrected chi connectivity index (χ4v) is 5.67. The van der Waals surface area contributed by atoms with Crippen LogP contribution in [0.25, 0.3) is 0 Å². The minimum atomic E-state index is -0.486. The topological polar surface area (TPSA) is 55.4 Å². The number of carbonyl (C=O) groups excluding carboxylic acids is 2. The van der Waals surface area contributed by atoms with Crippen molar-refractivity contribution in [3.8, 4) is 0 Å². The van der Waals surface area contributed by atoms with Crippen LogP contribution in [0.3, 0.4) is 0 Å². The zero-order valence-corrected chi connectivity index (χ0v) is 14.7. The van der Waals surface area contributed by atoms with Crippen LogP contribution in [-0.2, 0) is 14.3 Å². The Hall–Kier alpha value is -1.06. The Morgan fingerprint density at radius 1 is 1.23 bits per heavy atom. The van der Waals surface area contributed by atoms with Crippen molar-refractivity contribution in [2.75, 3.05) is 6.54 Å². The molecule has 2 rings (SSSR count). The van der Waals surface area contributed by atoms with Crippen LogP contribution in [0.15, 0.2) is 0 Å². The van der Waals surface area contributed by atoms with E-state index in [1.54, 1.807) is 0 Å². The summed E-state index contributed by atoms with van der Waals surface area (Å²) in [7, 11) is 0. The van der Waals surface area contributed by atoms with Gasteiger partial charge < -0.3 is 10.1 Å². The van der Waals surface area contributed by atoms with Gasteiger partial charge in [-0.3, -0.25) is 9.59 Å². The second-order valence-corrected chi connectivity index (χ2v) is 8.42. The summed E-state index contributed by atoms with van der Waals surface area (Å²) in [5, 5.41) is 2.86. The van der Waals surface area contributed by atoms with Crippen LogP contribution >= 0.6 is 0 Å². The Labute approximate surface area is 134 Å². The molecule has 0 spiro atoms. The summed E-state index contributed by atoms with van der Waals surface area (Å²) in [6.07, 6.45) is 6.32. The lowest BCUT2D eigenvalue weighted by atomic mass is 9.45. The van der Waals surface area contributed by atoms with Crippen LogP contribution in [-0.4, -0.2) is 24.5 Å². The van der Waals surface area contributed by atoms with Gasteiger partial charge in [0.05, 0.1) is 0 Å². The van der Waals surface area contributed by atoms with Gasteiger partial charge in [0.2, 0.25) is 6.41 Å². The largest absolute Gasteiger partial charge is 0.459 e. The van der Waals surface area contributed by atoms with Crippen molar-refractivity contribution in [1.29, 1.82) is 0 Å². The molecule has 0 unspecified atom stereocenters. The van der Waals surface area contributed by atoms with Crippen molar-refractivity contribution in [2.24, 2.45) is 22.7 Å². The summed E-state index contributed by atoms with van der Waals surface area (Å²) in [6.45, 7) is 11.2. The van der Waals surface area contributed by atoms with Gasteiger partial charge in [0, 0.05) is 19.4 Å². The summed E-state index contributed by atoms with van der Waals surface area (Å²) < 4.78 is 5.78. The molecule has 1 amide bonds. The SMILES string of the molecule is CC(=O)O[C@]1(C)CC[C@H]2C(C)(C)CCC[C@]2(C)[C@H]1CNC=O. The Morgan fingerprint density at radius 3 is 2.50 bits per heavy atom. The maximum Gasteiger partial charge on any atom is 0.303 e. The lowest BCUT2D eigenvalue weighted by molar-refractivity contribution is -0.196. The van der Waals surface area contributed by atoms with E-state index >= 15 is 0 Å². The van der Waals surface area contributed by atoms with E-state index in [-0.39, 0.29) is 17.3 Å². The fraction of sp³-hybridized carbons (Fsp3) is 0.889. The summed E-state index contributed by atoms with van der Waals surface area (Å²) >= 11 is 0. The van der Waals surface area contributed by atoms with Crippen LogP contribution in [0, 0.1) is 22.7 Å². The average molecular weight is 309 g/mol. The van der Waals surface area contributed by atoms with Crippen LogP contribution < -0.4 is 5.32 Å². The number of amides is 1. The van der Waals surface area contributed by atoms with E-state index in [0.29, 0.717) is 17.9 Å². The molecule has 4 atom stereocenters. The third-order valence-electron chi connectivity index (χ3n) is 6.52. The van der Waals surface area contributed by atoms with Crippen molar-refractivity contribution in [2.45, 2.75) is 72.3 Å². The molecule has 2 saturated carbocycles. The van der Waals surface area contributed by atoms with Crippen molar-refractivity contribution >= 4 is 12.4 Å². The second kappa shape index (κ2) is 5.86. The monoisotopic (exact) mass is 309 g/mol. The minimum Gasteiger partial charge on any atom is -0.459 e. The van der Waals surface area contributed by atoms with Crippen molar-refractivity contribution in [3.05, 3.63) is 0 Å². The average Bonchev–Trinajstić information content (AvgIpc) is 2.35. The number of carbonyl (C=O) groups is 2. The molecule has 0 aliphatic heterocycles. The van der Waals surface area contributed by atoms with Crippen LogP contribution in [0.2, 0.25) is 0 Å². The minimum absolute atomic E-state index is 0.0974. The van der Waals surface area contributed by atoms with Gasteiger partial charge in [0.1, 0.15) is 5.60 Å². The highest BCUT2D eigenvalue weighted by Gasteiger charge is 2.59. The molecule has 0 heterocycles. The van der Waals surface area contributed by atoms with Crippen molar-refractivity contribution in [3.63, 3.8) is 0 Å². The molecule has 0 saturated heterocycles. The van der Waals surface area contributed by atoms with E-state index in [0.717, 1.165) is 25.7 Å². The Kier molecular flexibility index (Phi) is 4.61. The van der Waals surface area contributed by atoms with Crippen LogP contribution in [0.4, 0.5) is 0 Å². The Balaban J connectivity index is 2.38. The summed E-state index contributed by atoms with van der Waals surface area (Å²) in [5.41, 5.74) is -0.0787. The quantitative estimate of drug-likeness (QED) is 0.640. The van der Waals surface area contributed by atoms with E-state index in [1.807, 2.05) is 0 Å². The molecule has 2 aliphatic carbocycles. The van der Waals surface area contributed by atoms with Gasteiger partial charge in [-0.15, -0.1) is 0 Å². The molecular weight excluding hydrogens is 278 g/mol. The predicted octanol–water partition coefficient (Wildman–Crippen LogP) is 3.30. The molecule has 4 heteroatoms. The first kappa shape index (κ1) is 17.3. The summed E-state index contributed by atoms with van der Waals surface area (Å²) in [6, 6.07) is 0. The maximum absolute atomic E-state index is 11.6. The number of rotatable bonds is 4. The second-order valence-electron chi connectivity index (χ2n) is 8.42. The molecule has 0 aromatic rings. The molecule has 0 bridgehead atoms. The van der Waals surface area contributed by atoms with Gasteiger partial charge in [-0.05, 0) is 49.4 Å². The fourth-order valence-electron chi connectivity index (χ4n) is 5.67. The Bertz CT molecular complexity index is 448. The Morgan fingerprint density at radius 2 is 1.91 bits per heavy atom. The van der Waals surface area contributed by atoms with Gasteiger partial charge in [-0.2, -0.15) is 0 Å². The van der Waals surface area contributed by atoms with E-state index < -0.39 is 5.60 Å². The highest BCUT2D eigenvalue weighted by molar-refractivity contribution is 5.66. The zero-order valence-electron chi connectivity index (χ0n) is 14.7. The van der Waals surface area contributed by atoms with Crippen molar-refractivity contribution < 1.29 is 14.3 Å². The first-order chi connectivity index (χ1) is 10.2. The van der Waals surface area contributed by atoms with E-state index in [4.69, 9.17) is 4.74 Å². The molecule has 22 heavy (non-hydrogen) atoms. The van der Waals surface area contributed by atoms with E-state index in [2.05, 4.69) is 33.0 Å². The van der Waals surface area contributed by atoms with Gasteiger partial charge in [0.15, 0.2) is 0 Å². The molecule has 2 fully saturated rings. The van der Waals surface area contributed by atoms with Crippen LogP contribution in [0.5, 0.6) is 0 Å². The standard InChI is InChI=1S/C18H31NO3/c1-13(21)22-18(5)10-7-14-16(2,3)8-6-9-17(14,4)15(18)11-19-12-20/h12,14-15H,6-11H2,1-5H3,(H,19,20)/t14-,15+,17-,18+/m0/s1. The zero-order chi connectivity index (χ0) is 16.6. The third-order valence-corrected chi connectivity index (χ3v) is 6.52. The molecule has 0 aromatic heterocycles. The van der Waals surface area contributed by atoms with E-state index in [9.17, 15) is 9.59 Å². The van der Waals surface area contributed by atoms with Gasteiger partial charge >= 0.3 is 5.97 Å². The van der Waals surface area contributed by atoms with Crippen molar-refractivity contribution in [1.82, 2.24) is 5.32 Å². The molecule has 126 valence electrons. The van der Waals surface area contributed by atoms with Gasteiger partial charge in [0.25, 0.3) is 0 Å². The number of nitrogens with one attached hydrogen (secondary N) is 1. The van der Waals surface area contributed by atoms with Gasteiger partial charge in [-0.1, -0.05) is 27.2 Å². The smallest absolute Gasteiger partial charge is 0.303 e. The highest BCUT2D eigenvalue weighted by atomic mass is 16.6. The number of fused-ring (bicyclic) bond motifs is 1. The van der Waals surface area contributed by atoms with Crippen LogP contribution in [0.1, 0.15) is 66.7 Å². The lowest BCUT2D eigenvalue weighted by Crippen LogP contribution is -2.61. The number of esters is 1. The van der Waals surface area contributed by atoms with Gasteiger partial charge in [-0.25, -0.2) is 0 Å². The first-order valence-electron chi connectivity index (χ1n) is 8.52. The molecule has 0 aromatic carbocycles. The van der Waals surface area contributed by atoms with E-state index in [1.165, 1.54) is 19.8 Å². The molecule has 1 N–H and O–H groups in total. The lowest BCUT2D eigenvalue weighted by Gasteiger charge is -2.61. The third kappa shape index (κ3) is 2.89.